The van der Waals surface area contributed by atoms with Crippen LogP contribution in [0.3, 0.4) is 0 Å². The fraction of sp³-hybridized carbons (Fsp3) is 0.250. The number of rotatable bonds is 2. The standard InChI is InChI=1S/C12H12ClN3O2/c1-8-5-6-14-16(15-11(8)12(17)18)10-4-2-3-9(13)7-10/h2-4,6-8H,5H2,1H3,(H,17,18). The minimum atomic E-state index is -1.03. The summed E-state index contributed by atoms with van der Waals surface area (Å²) in [7, 11) is 0. The number of carboxylic acids is 1. The molecule has 0 spiro atoms. The minimum absolute atomic E-state index is 0.0903. The van der Waals surface area contributed by atoms with Crippen LogP contribution in [0.5, 0.6) is 0 Å². The highest BCUT2D eigenvalue weighted by molar-refractivity contribution is 6.36. The topological polar surface area (TPSA) is 65.3 Å². The molecule has 1 heterocycles. The van der Waals surface area contributed by atoms with Gasteiger partial charge in [-0.25, -0.2) is 4.79 Å². The van der Waals surface area contributed by atoms with Gasteiger partial charge in [0.25, 0.3) is 0 Å². The Labute approximate surface area is 109 Å². The van der Waals surface area contributed by atoms with Gasteiger partial charge >= 0.3 is 5.97 Å². The molecule has 0 saturated carbocycles. The van der Waals surface area contributed by atoms with Gasteiger partial charge in [0.15, 0.2) is 5.71 Å². The van der Waals surface area contributed by atoms with Gasteiger partial charge in [-0.05, 0) is 24.6 Å². The second kappa shape index (κ2) is 5.18. The first kappa shape index (κ1) is 12.6. The van der Waals surface area contributed by atoms with E-state index in [1.807, 2.05) is 0 Å². The summed E-state index contributed by atoms with van der Waals surface area (Å²) < 4.78 is 0. The number of aliphatic carboxylic acids is 1. The van der Waals surface area contributed by atoms with E-state index >= 15 is 0 Å². The quantitative estimate of drug-likeness (QED) is 0.894. The predicted octanol–water partition coefficient (Wildman–Crippen LogP) is 2.61. The van der Waals surface area contributed by atoms with Crippen LogP contribution in [0.2, 0.25) is 5.02 Å². The van der Waals surface area contributed by atoms with Gasteiger partial charge in [0.2, 0.25) is 0 Å². The Kier molecular flexibility index (Phi) is 3.62. The molecular weight excluding hydrogens is 254 g/mol. The highest BCUT2D eigenvalue weighted by atomic mass is 35.5. The number of hydrazone groups is 2. The van der Waals surface area contributed by atoms with E-state index in [1.54, 1.807) is 37.4 Å². The summed E-state index contributed by atoms with van der Waals surface area (Å²) >= 11 is 5.89. The molecule has 1 unspecified atom stereocenters. The zero-order chi connectivity index (χ0) is 13.1. The summed E-state index contributed by atoms with van der Waals surface area (Å²) in [6, 6.07) is 6.94. The first-order valence-corrected chi connectivity index (χ1v) is 5.85. The van der Waals surface area contributed by atoms with Gasteiger partial charge in [-0.3, -0.25) is 0 Å². The van der Waals surface area contributed by atoms with E-state index in [0.29, 0.717) is 17.1 Å². The Hall–Kier alpha value is -1.88. The number of carbonyl (C=O) groups is 1. The SMILES string of the molecule is CC1CC=NN(c2cccc(Cl)c2)N=C1C(=O)O. The van der Waals surface area contributed by atoms with Crippen molar-refractivity contribution in [3.05, 3.63) is 29.3 Å². The maximum absolute atomic E-state index is 11.1. The largest absolute Gasteiger partial charge is 0.477 e. The molecule has 1 aliphatic rings. The third kappa shape index (κ3) is 2.68. The second-order valence-electron chi connectivity index (χ2n) is 3.99. The van der Waals surface area contributed by atoms with Gasteiger partial charge < -0.3 is 5.11 Å². The lowest BCUT2D eigenvalue weighted by molar-refractivity contribution is -0.129. The van der Waals surface area contributed by atoms with Gasteiger partial charge in [0.05, 0.1) is 5.69 Å². The first-order chi connectivity index (χ1) is 8.58. The van der Waals surface area contributed by atoms with Gasteiger partial charge in [-0.1, -0.05) is 24.6 Å². The lowest BCUT2D eigenvalue weighted by Gasteiger charge is -2.13. The summed E-state index contributed by atoms with van der Waals surface area (Å²) in [6.45, 7) is 1.81. The summed E-state index contributed by atoms with van der Waals surface area (Å²) in [6.07, 6.45) is 2.20. The molecule has 0 saturated heterocycles. The molecule has 0 fully saturated rings. The molecule has 1 N–H and O–H groups in total. The molecular formula is C12H12ClN3O2. The Morgan fingerprint density at radius 2 is 2.33 bits per heavy atom. The van der Waals surface area contributed by atoms with E-state index in [2.05, 4.69) is 10.2 Å². The summed E-state index contributed by atoms with van der Waals surface area (Å²) in [5.41, 5.74) is 0.721. The van der Waals surface area contributed by atoms with Crippen LogP contribution in [-0.2, 0) is 4.79 Å². The smallest absolute Gasteiger partial charge is 0.352 e. The van der Waals surface area contributed by atoms with Gasteiger partial charge in [0.1, 0.15) is 0 Å². The zero-order valence-electron chi connectivity index (χ0n) is 9.75. The molecule has 1 aromatic carbocycles. The Bertz CT molecular complexity index is 528. The molecule has 0 bridgehead atoms. The van der Waals surface area contributed by atoms with Crippen LogP contribution in [0.25, 0.3) is 0 Å². The molecule has 94 valence electrons. The molecule has 1 aliphatic heterocycles. The number of anilines is 1. The van der Waals surface area contributed by atoms with Crippen LogP contribution < -0.4 is 5.12 Å². The van der Waals surface area contributed by atoms with Crippen molar-refractivity contribution in [2.45, 2.75) is 13.3 Å². The zero-order valence-corrected chi connectivity index (χ0v) is 10.5. The third-order valence-corrected chi connectivity index (χ3v) is 2.81. The third-order valence-electron chi connectivity index (χ3n) is 2.58. The maximum atomic E-state index is 11.1. The summed E-state index contributed by atoms with van der Waals surface area (Å²) in [5, 5.41) is 19.1. The molecule has 1 atom stereocenters. The summed E-state index contributed by atoms with van der Waals surface area (Å²) in [5.74, 6) is -1.20. The average Bonchev–Trinajstić information content (AvgIpc) is 2.51. The molecule has 18 heavy (non-hydrogen) atoms. The van der Waals surface area contributed by atoms with Crippen molar-refractivity contribution in [2.75, 3.05) is 5.12 Å². The van der Waals surface area contributed by atoms with E-state index in [0.717, 1.165) is 0 Å². The van der Waals surface area contributed by atoms with Gasteiger partial charge in [-0.15, -0.1) is 5.10 Å². The number of halogens is 1. The van der Waals surface area contributed by atoms with Crippen LogP contribution in [0.1, 0.15) is 13.3 Å². The molecule has 5 nitrogen and oxygen atoms in total. The van der Waals surface area contributed by atoms with Crippen LogP contribution >= 0.6 is 11.6 Å². The van der Waals surface area contributed by atoms with E-state index in [9.17, 15) is 4.79 Å². The van der Waals surface area contributed by atoms with Crippen molar-refractivity contribution in [3.8, 4) is 0 Å². The molecule has 2 rings (SSSR count). The van der Waals surface area contributed by atoms with E-state index in [4.69, 9.17) is 16.7 Å². The lowest BCUT2D eigenvalue weighted by atomic mass is 10.0. The van der Waals surface area contributed by atoms with Crippen LogP contribution in [-0.4, -0.2) is 23.0 Å². The number of hydrogen-bond donors (Lipinski definition) is 1. The van der Waals surface area contributed by atoms with Crippen molar-refractivity contribution in [1.29, 1.82) is 0 Å². The van der Waals surface area contributed by atoms with Crippen molar-refractivity contribution < 1.29 is 9.90 Å². The fourth-order valence-corrected chi connectivity index (χ4v) is 1.78. The monoisotopic (exact) mass is 265 g/mol. The van der Waals surface area contributed by atoms with Gasteiger partial charge in [-0.2, -0.15) is 10.2 Å². The van der Waals surface area contributed by atoms with Crippen LogP contribution in [0.15, 0.2) is 34.5 Å². The molecule has 6 heteroatoms. The number of nitrogens with zero attached hydrogens (tertiary/aromatic N) is 3. The van der Waals surface area contributed by atoms with Gasteiger partial charge in [0, 0.05) is 17.2 Å². The van der Waals surface area contributed by atoms with Crippen LogP contribution in [0, 0.1) is 5.92 Å². The van der Waals surface area contributed by atoms with Crippen molar-refractivity contribution in [1.82, 2.24) is 0 Å². The molecule has 0 aliphatic carbocycles. The van der Waals surface area contributed by atoms with Crippen LogP contribution in [0.4, 0.5) is 5.69 Å². The number of benzene rings is 1. The van der Waals surface area contributed by atoms with E-state index in [1.165, 1.54) is 5.12 Å². The Morgan fingerprint density at radius 1 is 1.56 bits per heavy atom. The predicted molar refractivity (Wildman–Crippen MR) is 71.3 cm³/mol. The Balaban J connectivity index is 2.40. The highest BCUT2D eigenvalue weighted by Crippen LogP contribution is 2.22. The molecule has 1 aromatic rings. The van der Waals surface area contributed by atoms with Crippen molar-refractivity contribution >= 4 is 35.2 Å². The maximum Gasteiger partial charge on any atom is 0.352 e. The lowest BCUT2D eigenvalue weighted by Crippen LogP contribution is -2.23. The molecule has 0 radical (unpaired) electrons. The highest BCUT2D eigenvalue weighted by Gasteiger charge is 2.21. The van der Waals surface area contributed by atoms with E-state index < -0.39 is 5.97 Å². The normalized spacial score (nSPS) is 19.3. The number of carboxylic acid groups (broad SMARTS) is 1. The van der Waals surface area contributed by atoms with Crippen molar-refractivity contribution in [2.24, 2.45) is 16.1 Å². The first-order valence-electron chi connectivity index (χ1n) is 5.48. The Morgan fingerprint density at radius 3 is 3.00 bits per heavy atom. The van der Waals surface area contributed by atoms with Crippen molar-refractivity contribution in [3.63, 3.8) is 0 Å². The molecule has 0 amide bonds. The van der Waals surface area contributed by atoms with E-state index in [-0.39, 0.29) is 11.6 Å². The average molecular weight is 266 g/mol. The molecule has 0 aromatic heterocycles. The second-order valence-corrected chi connectivity index (χ2v) is 4.43. The summed E-state index contributed by atoms with van der Waals surface area (Å²) in [4.78, 5) is 11.1. The fourth-order valence-electron chi connectivity index (χ4n) is 1.60. The minimum Gasteiger partial charge on any atom is -0.477 e. The number of hydrogen-bond acceptors (Lipinski definition) is 4.